The van der Waals surface area contributed by atoms with Crippen LogP contribution in [0.3, 0.4) is 0 Å². The number of alkyl halides is 4. The molecular weight excluding hydrogens is 434 g/mol. The van der Waals surface area contributed by atoms with Crippen LogP contribution in [-0.2, 0) is 10.2 Å². The van der Waals surface area contributed by atoms with Crippen LogP contribution in [-0.4, -0.2) is 21.8 Å². The fourth-order valence-electron chi connectivity index (χ4n) is 2.55. The largest absolute Gasteiger partial charge is 0.384 e. The summed E-state index contributed by atoms with van der Waals surface area (Å²) in [5, 5.41) is 2.41. The van der Waals surface area contributed by atoms with Crippen LogP contribution in [0.4, 0.5) is 0 Å². The molecule has 0 saturated carbocycles. The van der Waals surface area contributed by atoms with Crippen molar-refractivity contribution >= 4 is 56.6 Å². The Balaban J connectivity index is 2.02. The smallest absolute Gasteiger partial charge is 0.268 e. The van der Waals surface area contributed by atoms with Gasteiger partial charge in [0.1, 0.15) is 0 Å². The van der Waals surface area contributed by atoms with Gasteiger partial charge in [-0.1, -0.05) is 99.3 Å². The number of hydrogen-bond donors (Lipinski definition) is 0. The van der Waals surface area contributed by atoms with E-state index in [2.05, 4.69) is 51.3 Å². The molecule has 0 N–H and O–H groups in total. The van der Waals surface area contributed by atoms with E-state index in [1.54, 1.807) is 12.1 Å². The molecule has 0 aromatic heterocycles. The lowest BCUT2D eigenvalue weighted by atomic mass is 9.97. The molecule has 1 aliphatic heterocycles. The third-order valence-electron chi connectivity index (χ3n) is 3.72. The molecule has 1 atom stereocenters. The van der Waals surface area contributed by atoms with Gasteiger partial charge >= 0.3 is 0 Å². The van der Waals surface area contributed by atoms with E-state index >= 15 is 0 Å². The van der Waals surface area contributed by atoms with Crippen LogP contribution in [0.1, 0.15) is 17.3 Å². The minimum absolute atomic E-state index is 0.0736. The maximum atomic E-state index is 5.89. The Bertz CT molecular complexity index is 759. The number of hydrogen-bond acceptors (Lipinski definition) is 3. The summed E-state index contributed by atoms with van der Waals surface area (Å²) in [5.41, 5.74) is 4.36. The van der Waals surface area contributed by atoms with Gasteiger partial charge in [-0.3, -0.25) is 0 Å². The average molecular weight is 449 g/mol. The minimum Gasteiger partial charge on any atom is -0.384 e. The van der Waals surface area contributed by atoms with Gasteiger partial charge in [-0.05, 0) is 16.7 Å². The van der Waals surface area contributed by atoms with Crippen molar-refractivity contribution in [3.8, 4) is 11.1 Å². The van der Waals surface area contributed by atoms with Crippen LogP contribution >= 0.6 is 50.7 Å². The Morgan fingerprint density at radius 3 is 2.38 bits per heavy atom. The van der Waals surface area contributed by atoms with Gasteiger partial charge in [-0.25, -0.2) is 4.99 Å². The fourth-order valence-corrected chi connectivity index (χ4v) is 3.17. The van der Waals surface area contributed by atoms with Crippen LogP contribution in [0.2, 0.25) is 0 Å². The second-order valence-corrected chi connectivity index (χ2v) is 8.20. The predicted octanol–water partition coefficient (Wildman–Crippen LogP) is 5.89. The molecule has 3 nitrogen and oxygen atoms in total. The van der Waals surface area contributed by atoms with Crippen molar-refractivity contribution in [1.29, 1.82) is 0 Å². The summed E-state index contributed by atoms with van der Waals surface area (Å²) >= 11 is 21.1. The van der Waals surface area contributed by atoms with Crippen molar-refractivity contribution in [3.05, 3.63) is 59.7 Å². The van der Waals surface area contributed by atoms with Gasteiger partial charge in [0, 0.05) is 17.9 Å². The van der Waals surface area contributed by atoms with Gasteiger partial charge in [-0.15, -0.1) is 5.06 Å². The van der Waals surface area contributed by atoms with E-state index in [4.69, 9.17) is 39.6 Å². The van der Waals surface area contributed by atoms with E-state index in [0.29, 0.717) is 0 Å². The molecular formula is C17H14BrCl3N2O. The van der Waals surface area contributed by atoms with Crippen molar-refractivity contribution in [3.63, 3.8) is 0 Å². The summed E-state index contributed by atoms with van der Waals surface area (Å²) in [5.74, 6) is 0.0736. The van der Waals surface area contributed by atoms with Gasteiger partial charge in [0.15, 0.2) is 6.17 Å². The summed E-state index contributed by atoms with van der Waals surface area (Å²) in [4.78, 5) is 9.95. The monoisotopic (exact) mass is 446 g/mol. The topological polar surface area (TPSA) is 24.8 Å². The lowest BCUT2D eigenvalue weighted by molar-refractivity contribution is -0.0589. The highest BCUT2D eigenvalue weighted by molar-refractivity contribution is 9.08. The molecule has 0 aliphatic carbocycles. The quantitative estimate of drug-likeness (QED) is 0.547. The maximum absolute atomic E-state index is 5.89. The zero-order chi connectivity index (χ0) is 17.3. The van der Waals surface area contributed by atoms with Crippen molar-refractivity contribution in [1.82, 2.24) is 5.06 Å². The highest BCUT2D eigenvalue weighted by Gasteiger charge is 2.39. The van der Waals surface area contributed by atoms with E-state index in [9.17, 15) is 0 Å². The van der Waals surface area contributed by atoms with Crippen LogP contribution in [0.5, 0.6) is 0 Å². The zero-order valence-corrected chi connectivity index (χ0v) is 16.6. The summed E-state index contributed by atoms with van der Waals surface area (Å²) < 4.78 is -1.69. The first-order valence-electron chi connectivity index (χ1n) is 7.20. The highest BCUT2D eigenvalue weighted by Crippen LogP contribution is 2.39. The Kier molecular flexibility index (Phi) is 5.42. The summed E-state index contributed by atoms with van der Waals surface area (Å²) in [6.45, 7) is 0. The molecule has 0 radical (unpaired) electrons. The molecule has 2 aromatic rings. The second-order valence-electron chi connectivity index (χ2n) is 5.36. The summed E-state index contributed by atoms with van der Waals surface area (Å²) in [6, 6.07) is 16.4. The first kappa shape index (κ1) is 18.0. The number of halogens is 4. The number of hydroxylamine groups is 2. The van der Waals surface area contributed by atoms with E-state index in [-0.39, 0.29) is 12.1 Å². The molecule has 7 heteroatoms. The standard InChI is InChI=1S/C17H14BrCl3N2O/c1-23-15(22-16(24-23)17(19,20)21)14-5-3-2-4-13(14)12-8-6-11(10-18)7-9-12/h2-9,15H,10H2,1H3. The van der Waals surface area contributed by atoms with E-state index in [1.165, 1.54) is 5.56 Å². The molecule has 24 heavy (non-hydrogen) atoms. The van der Waals surface area contributed by atoms with Gasteiger partial charge < -0.3 is 4.84 Å². The Hall–Kier alpha value is -0.780. The molecule has 0 spiro atoms. The van der Waals surface area contributed by atoms with Crippen molar-refractivity contribution in [2.45, 2.75) is 15.3 Å². The molecule has 0 saturated heterocycles. The minimum atomic E-state index is -1.69. The number of nitrogens with zero attached hydrogens (tertiary/aromatic N) is 2. The maximum Gasteiger partial charge on any atom is 0.268 e. The molecule has 1 heterocycles. The molecule has 3 rings (SSSR count). The number of benzene rings is 2. The van der Waals surface area contributed by atoms with Crippen LogP contribution < -0.4 is 0 Å². The molecule has 126 valence electrons. The second kappa shape index (κ2) is 7.22. The molecule has 2 aromatic carbocycles. The van der Waals surface area contributed by atoms with Gasteiger partial charge in [0.2, 0.25) is 0 Å². The molecule has 0 amide bonds. The third-order valence-corrected chi connectivity index (χ3v) is 4.85. The highest BCUT2D eigenvalue weighted by atomic mass is 79.9. The van der Waals surface area contributed by atoms with Gasteiger partial charge in [0.25, 0.3) is 9.69 Å². The Morgan fingerprint density at radius 2 is 1.79 bits per heavy atom. The van der Waals surface area contributed by atoms with Crippen molar-refractivity contribution in [2.75, 3.05) is 7.05 Å². The molecule has 1 unspecified atom stereocenters. The Labute approximate surface area is 164 Å². The molecule has 1 aliphatic rings. The van der Waals surface area contributed by atoms with E-state index in [1.807, 2.05) is 18.2 Å². The van der Waals surface area contributed by atoms with Gasteiger partial charge in [-0.2, -0.15) is 0 Å². The average Bonchev–Trinajstić information content (AvgIpc) is 2.97. The van der Waals surface area contributed by atoms with Gasteiger partial charge in [0.05, 0.1) is 0 Å². The zero-order valence-electron chi connectivity index (χ0n) is 12.7. The number of aliphatic imine (C=N–C) groups is 1. The van der Waals surface area contributed by atoms with Crippen LogP contribution in [0.25, 0.3) is 11.1 Å². The predicted molar refractivity (Wildman–Crippen MR) is 104 cm³/mol. The fraction of sp³-hybridized carbons (Fsp3) is 0.235. The first-order valence-corrected chi connectivity index (χ1v) is 9.45. The normalized spacial score (nSPS) is 18.4. The summed E-state index contributed by atoms with van der Waals surface area (Å²) in [6.07, 6.45) is -0.373. The van der Waals surface area contributed by atoms with Crippen molar-refractivity contribution < 1.29 is 4.84 Å². The molecule has 0 bridgehead atoms. The van der Waals surface area contributed by atoms with E-state index in [0.717, 1.165) is 22.0 Å². The van der Waals surface area contributed by atoms with E-state index < -0.39 is 3.79 Å². The lowest BCUT2D eigenvalue weighted by Crippen LogP contribution is -2.24. The third kappa shape index (κ3) is 3.73. The molecule has 0 fully saturated rings. The van der Waals surface area contributed by atoms with Crippen molar-refractivity contribution in [2.24, 2.45) is 4.99 Å². The first-order chi connectivity index (χ1) is 11.4. The number of rotatable bonds is 3. The Morgan fingerprint density at radius 1 is 1.12 bits per heavy atom. The van der Waals surface area contributed by atoms with Crippen LogP contribution in [0, 0.1) is 0 Å². The summed E-state index contributed by atoms with van der Waals surface area (Å²) in [7, 11) is 1.77. The lowest BCUT2D eigenvalue weighted by Gasteiger charge is -2.19. The van der Waals surface area contributed by atoms with Crippen LogP contribution in [0.15, 0.2) is 53.5 Å². The SMILES string of the molecule is CN1OC(C(Cl)(Cl)Cl)=NC1c1ccccc1-c1ccc(CBr)cc1.